The van der Waals surface area contributed by atoms with Gasteiger partial charge in [-0.25, -0.2) is 0 Å². The number of hydrogen-bond acceptors (Lipinski definition) is 3. The second-order valence-electron chi connectivity index (χ2n) is 5.30. The summed E-state index contributed by atoms with van der Waals surface area (Å²) in [5.74, 6) is 0. The summed E-state index contributed by atoms with van der Waals surface area (Å²) in [6.07, 6.45) is 2.70. The summed E-state index contributed by atoms with van der Waals surface area (Å²) in [6, 6.07) is 7.64. The normalized spacial score (nSPS) is 15.8. The van der Waals surface area contributed by atoms with E-state index in [1.807, 2.05) is 0 Å². The molecule has 3 nitrogen and oxygen atoms in total. The fourth-order valence-electron chi connectivity index (χ4n) is 1.92. The Hall–Kier alpha value is -0.930. The van der Waals surface area contributed by atoms with Crippen molar-refractivity contribution < 1.29 is 0 Å². The molecular weight excluding hydrogens is 210 g/mol. The number of nitrogens with zero attached hydrogens (tertiary/aromatic N) is 2. The van der Waals surface area contributed by atoms with E-state index in [0.717, 1.165) is 24.8 Å². The summed E-state index contributed by atoms with van der Waals surface area (Å²) < 4.78 is 0. The zero-order chi connectivity index (χ0) is 12.3. The maximum Gasteiger partial charge on any atom is 0.0547 e. The summed E-state index contributed by atoms with van der Waals surface area (Å²) in [5, 5.41) is 3.40. The zero-order valence-corrected chi connectivity index (χ0v) is 11.1. The molecule has 0 saturated heterocycles. The maximum atomic E-state index is 4.69. The lowest BCUT2D eigenvalue weighted by Gasteiger charge is -2.15. The standard InChI is InChI=1S/C14H23N3/c1-11(2)15-9-12-5-4-6-13(16-12)10-17(3)14-7-8-14/h4-6,11,14-15H,7-10H2,1-3H3. The van der Waals surface area contributed by atoms with Crippen molar-refractivity contribution in [3.05, 3.63) is 29.6 Å². The molecule has 0 amide bonds. The van der Waals surface area contributed by atoms with Gasteiger partial charge in [0, 0.05) is 25.2 Å². The Morgan fingerprint density at radius 2 is 2.06 bits per heavy atom. The van der Waals surface area contributed by atoms with Crippen molar-refractivity contribution in [2.24, 2.45) is 0 Å². The van der Waals surface area contributed by atoms with Crippen molar-refractivity contribution in [2.45, 2.75) is 51.9 Å². The van der Waals surface area contributed by atoms with Crippen LogP contribution in [0.4, 0.5) is 0 Å². The largest absolute Gasteiger partial charge is 0.309 e. The van der Waals surface area contributed by atoms with E-state index in [1.54, 1.807) is 0 Å². The minimum Gasteiger partial charge on any atom is -0.309 e. The highest BCUT2D eigenvalue weighted by atomic mass is 15.2. The van der Waals surface area contributed by atoms with Crippen LogP contribution < -0.4 is 5.32 Å². The van der Waals surface area contributed by atoms with E-state index in [-0.39, 0.29) is 0 Å². The van der Waals surface area contributed by atoms with E-state index in [1.165, 1.54) is 18.5 Å². The topological polar surface area (TPSA) is 28.2 Å². The quantitative estimate of drug-likeness (QED) is 0.816. The van der Waals surface area contributed by atoms with Crippen LogP contribution in [0.15, 0.2) is 18.2 Å². The van der Waals surface area contributed by atoms with Gasteiger partial charge in [0.05, 0.1) is 11.4 Å². The molecule has 1 fully saturated rings. The van der Waals surface area contributed by atoms with E-state index in [0.29, 0.717) is 6.04 Å². The third-order valence-electron chi connectivity index (χ3n) is 3.14. The number of aromatic nitrogens is 1. The van der Waals surface area contributed by atoms with E-state index in [2.05, 4.69) is 49.3 Å². The average molecular weight is 233 g/mol. The molecule has 1 N–H and O–H groups in total. The van der Waals surface area contributed by atoms with Crippen molar-refractivity contribution in [1.29, 1.82) is 0 Å². The molecule has 0 radical (unpaired) electrons. The minimum atomic E-state index is 0.509. The molecule has 0 aliphatic heterocycles. The lowest BCUT2D eigenvalue weighted by molar-refractivity contribution is 0.312. The molecule has 0 unspecified atom stereocenters. The van der Waals surface area contributed by atoms with Crippen LogP contribution in [-0.2, 0) is 13.1 Å². The van der Waals surface area contributed by atoms with Gasteiger partial charge in [-0.05, 0) is 32.0 Å². The van der Waals surface area contributed by atoms with Gasteiger partial charge in [0.15, 0.2) is 0 Å². The molecule has 1 saturated carbocycles. The molecule has 3 heteroatoms. The number of hydrogen-bond donors (Lipinski definition) is 1. The summed E-state index contributed by atoms with van der Waals surface area (Å²) in [5.41, 5.74) is 2.32. The minimum absolute atomic E-state index is 0.509. The van der Waals surface area contributed by atoms with Crippen molar-refractivity contribution in [3.63, 3.8) is 0 Å². The van der Waals surface area contributed by atoms with Crippen LogP contribution in [0.1, 0.15) is 38.1 Å². The van der Waals surface area contributed by atoms with Crippen LogP contribution in [0.2, 0.25) is 0 Å². The van der Waals surface area contributed by atoms with E-state index >= 15 is 0 Å². The fourth-order valence-corrected chi connectivity index (χ4v) is 1.92. The molecule has 1 heterocycles. The van der Waals surface area contributed by atoms with Crippen molar-refractivity contribution in [2.75, 3.05) is 7.05 Å². The van der Waals surface area contributed by atoms with Crippen LogP contribution in [0.3, 0.4) is 0 Å². The molecule has 1 aliphatic carbocycles. The van der Waals surface area contributed by atoms with Gasteiger partial charge in [-0.3, -0.25) is 9.88 Å². The first-order chi connectivity index (χ1) is 8.15. The van der Waals surface area contributed by atoms with E-state index in [4.69, 9.17) is 4.98 Å². The van der Waals surface area contributed by atoms with Gasteiger partial charge in [-0.1, -0.05) is 19.9 Å². The van der Waals surface area contributed by atoms with Gasteiger partial charge in [-0.15, -0.1) is 0 Å². The van der Waals surface area contributed by atoms with Crippen LogP contribution in [0, 0.1) is 0 Å². The first-order valence-electron chi connectivity index (χ1n) is 6.53. The number of pyridine rings is 1. The lowest BCUT2D eigenvalue weighted by Crippen LogP contribution is -2.23. The Kier molecular flexibility index (Phi) is 4.13. The van der Waals surface area contributed by atoms with Gasteiger partial charge in [0.1, 0.15) is 0 Å². The molecule has 0 atom stereocenters. The molecule has 0 bridgehead atoms. The van der Waals surface area contributed by atoms with Crippen LogP contribution in [0.5, 0.6) is 0 Å². The molecule has 0 aromatic carbocycles. The molecule has 17 heavy (non-hydrogen) atoms. The molecule has 0 spiro atoms. The van der Waals surface area contributed by atoms with E-state index in [9.17, 15) is 0 Å². The van der Waals surface area contributed by atoms with Crippen molar-refractivity contribution in [1.82, 2.24) is 15.2 Å². The molecule has 94 valence electrons. The summed E-state index contributed by atoms with van der Waals surface area (Å²) in [4.78, 5) is 7.10. The molecule has 2 rings (SSSR count). The first-order valence-corrected chi connectivity index (χ1v) is 6.53. The predicted octanol–water partition coefficient (Wildman–Crippen LogP) is 2.17. The number of nitrogens with one attached hydrogen (secondary N) is 1. The second-order valence-corrected chi connectivity index (χ2v) is 5.30. The molecular formula is C14H23N3. The Morgan fingerprint density at radius 1 is 1.35 bits per heavy atom. The lowest BCUT2D eigenvalue weighted by atomic mass is 10.2. The zero-order valence-electron chi connectivity index (χ0n) is 11.1. The van der Waals surface area contributed by atoms with Crippen LogP contribution in [0.25, 0.3) is 0 Å². The Balaban J connectivity index is 1.90. The van der Waals surface area contributed by atoms with Gasteiger partial charge < -0.3 is 5.32 Å². The van der Waals surface area contributed by atoms with Gasteiger partial charge >= 0.3 is 0 Å². The molecule has 1 aromatic heterocycles. The van der Waals surface area contributed by atoms with Crippen molar-refractivity contribution in [3.8, 4) is 0 Å². The summed E-state index contributed by atoms with van der Waals surface area (Å²) in [6.45, 7) is 6.15. The average Bonchev–Trinajstić information content (AvgIpc) is 3.10. The van der Waals surface area contributed by atoms with Gasteiger partial charge in [-0.2, -0.15) is 0 Å². The van der Waals surface area contributed by atoms with Gasteiger partial charge in [0.2, 0.25) is 0 Å². The highest BCUT2D eigenvalue weighted by Crippen LogP contribution is 2.26. The Morgan fingerprint density at radius 3 is 2.71 bits per heavy atom. The van der Waals surface area contributed by atoms with Crippen LogP contribution >= 0.6 is 0 Å². The highest BCUT2D eigenvalue weighted by Gasteiger charge is 2.26. The maximum absolute atomic E-state index is 4.69. The summed E-state index contributed by atoms with van der Waals surface area (Å²) in [7, 11) is 2.19. The first kappa shape index (κ1) is 12.5. The van der Waals surface area contributed by atoms with Crippen LogP contribution in [-0.4, -0.2) is 29.0 Å². The molecule has 1 aliphatic rings. The predicted molar refractivity (Wildman–Crippen MR) is 70.7 cm³/mol. The second kappa shape index (κ2) is 5.61. The van der Waals surface area contributed by atoms with E-state index < -0.39 is 0 Å². The third kappa shape index (κ3) is 4.10. The summed E-state index contributed by atoms with van der Waals surface area (Å²) >= 11 is 0. The monoisotopic (exact) mass is 233 g/mol. The third-order valence-corrected chi connectivity index (χ3v) is 3.14. The SMILES string of the molecule is CC(C)NCc1cccc(CN(C)C2CC2)n1. The Labute approximate surface area is 104 Å². The van der Waals surface area contributed by atoms with Gasteiger partial charge in [0.25, 0.3) is 0 Å². The number of rotatable bonds is 6. The fraction of sp³-hybridized carbons (Fsp3) is 0.643. The smallest absolute Gasteiger partial charge is 0.0547 e. The van der Waals surface area contributed by atoms with Crippen molar-refractivity contribution >= 4 is 0 Å². The molecule has 1 aromatic rings. The Bertz CT molecular complexity index is 358. The highest BCUT2D eigenvalue weighted by molar-refractivity contribution is 5.11.